The first-order chi connectivity index (χ1) is 19.3. The van der Waals surface area contributed by atoms with Gasteiger partial charge in [-0.05, 0) is 73.0 Å². The smallest absolute Gasteiger partial charge is 0.119 e. The van der Waals surface area contributed by atoms with Gasteiger partial charge in [0, 0.05) is 0 Å². The van der Waals surface area contributed by atoms with E-state index in [-0.39, 0.29) is 0 Å². The van der Waals surface area contributed by atoms with Gasteiger partial charge in [-0.15, -0.1) is 0 Å². The number of ether oxygens (including phenoxy) is 1. The van der Waals surface area contributed by atoms with Crippen LogP contribution in [0.15, 0.2) is 24.3 Å². The van der Waals surface area contributed by atoms with E-state index in [9.17, 15) is 0 Å². The third-order valence-electron chi connectivity index (χ3n) is 11.2. The van der Waals surface area contributed by atoms with Crippen molar-refractivity contribution in [1.29, 1.82) is 0 Å². The fourth-order valence-electron chi connectivity index (χ4n) is 8.80. The number of hydrogen-bond donors (Lipinski definition) is 0. The van der Waals surface area contributed by atoms with E-state index in [2.05, 4.69) is 31.2 Å². The zero-order valence-electron chi connectivity index (χ0n) is 26.0. The third kappa shape index (κ3) is 11.1. The Morgan fingerprint density at radius 1 is 0.667 bits per heavy atom. The lowest BCUT2D eigenvalue weighted by molar-refractivity contribution is 0.0746. The summed E-state index contributed by atoms with van der Waals surface area (Å²) in [5.74, 6) is 5.83. The number of hydrogen-bond acceptors (Lipinski definition) is 1. The number of rotatable bonds is 13. The Morgan fingerprint density at radius 3 is 1.97 bits per heavy atom. The molecule has 0 heterocycles. The van der Waals surface area contributed by atoms with Gasteiger partial charge in [-0.1, -0.05) is 154 Å². The molecule has 39 heavy (non-hydrogen) atoms. The van der Waals surface area contributed by atoms with Crippen LogP contribution in [0.25, 0.3) is 0 Å². The summed E-state index contributed by atoms with van der Waals surface area (Å²) in [6, 6.07) is 9.25. The van der Waals surface area contributed by atoms with E-state index >= 15 is 0 Å². The van der Waals surface area contributed by atoms with Crippen LogP contribution in [0.3, 0.4) is 0 Å². The maximum absolute atomic E-state index is 6.49. The minimum Gasteiger partial charge on any atom is -0.494 e. The number of aryl methyl sites for hydroxylation is 1. The minimum atomic E-state index is 0.887. The zero-order valence-corrected chi connectivity index (χ0v) is 26.0. The predicted octanol–water partition coefficient (Wildman–Crippen LogP) is 12.1. The molecule has 0 bridgehead atoms. The largest absolute Gasteiger partial charge is 0.494 e. The molecule has 1 heteroatoms. The van der Waals surface area contributed by atoms with Gasteiger partial charge in [0.2, 0.25) is 0 Å². The van der Waals surface area contributed by atoms with Gasteiger partial charge < -0.3 is 4.74 Å². The van der Waals surface area contributed by atoms with Gasteiger partial charge in [0.1, 0.15) is 5.75 Å². The van der Waals surface area contributed by atoms with Gasteiger partial charge in [0.25, 0.3) is 0 Å². The van der Waals surface area contributed by atoms with Crippen LogP contribution in [-0.2, 0) is 6.42 Å². The van der Waals surface area contributed by atoms with Crippen molar-refractivity contribution in [2.45, 2.75) is 167 Å². The van der Waals surface area contributed by atoms with Gasteiger partial charge in [-0.2, -0.15) is 0 Å². The Kier molecular flexibility index (Phi) is 14.7. The maximum atomic E-state index is 6.49. The van der Waals surface area contributed by atoms with Gasteiger partial charge in [-0.25, -0.2) is 0 Å². The summed E-state index contributed by atoms with van der Waals surface area (Å²) < 4.78 is 6.49. The normalized spacial score (nSPS) is 25.3. The lowest BCUT2D eigenvalue weighted by Gasteiger charge is -2.42. The van der Waals surface area contributed by atoms with Crippen molar-refractivity contribution >= 4 is 0 Å². The molecule has 3 aliphatic rings. The molecule has 3 aliphatic carbocycles. The van der Waals surface area contributed by atoms with Crippen LogP contribution < -0.4 is 4.74 Å². The summed E-state index contributed by atoms with van der Waals surface area (Å²) in [5, 5.41) is 0. The lowest BCUT2D eigenvalue weighted by atomic mass is 9.64. The summed E-state index contributed by atoms with van der Waals surface area (Å²) in [6.45, 7) is 3.28. The molecule has 0 N–H and O–H groups in total. The Bertz CT molecular complexity index is 722. The molecule has 0 aromatic heterocycles. The second kappa shape index (κ2) is 18.5. The van der Waals surface area contributed by atoms with Crippen molar-refractivity contribution < 1.29 is 4.74 Å². The fraction of sp³-hybridized carbons (Fsp3) is 0.842. The highest BCUT2D eigenvalue weighted by Crippen LogP contribution is 2.45. The van der Waals surface area contributed by atoms with E-state index in [0.717, 1.165) is 41.9 Å². The summed E-state index contributed by atoms with van der Waals surface area (Å²) >= 11 is 0. The van der Waals surface area contributed by atoms with Crippen LogP contribution in [-0.4, -0.2) is 6.61 Å². The third-order valence-corrected chi connectivity index (χ3v) is 11.2. The van der Waals surface area contributed by atoms with E-state index in [1.54, 1.807) is 0 Å². The van der Waals surface area contributed by atoms with Crippen molar-refractivity contribution in [2.24, 2.45) is 29.6 Å². The molecule has 1 aromatic rings. The van der Waals surface area contributed by atoms with Gasteiger partial charge >= 0.3 is 0 Å². The summed E-state index contributed by atoms with van der Waals surface area (Å²) in [6.07, 6.45) is 36.1. The first-order valence-corrected chi connectivity index (χ1v) is 18.0. The second-order valence-electron chi connectivity index (χ2n) is 14.0. The van der Waals surface area contributed by atoms with Crippen LogP contribution in [0.1, 0.15) is 167 Å². The second-order valence-corrected chi connectivity index (χ2v) is 14.0. The molecule has 3 atom stereocenters. The van der Waals surface area contributed by atoms with Crippen molar-refractivity contribution in [3.63, 3.8) is 0 Å². The molecule has 3 unspecified atom stereocenters. The summed E-state index contributed by atoms with van der Waals surface area (Å²) in [4.78, 5) is 0. The zero-order chi connectivity index (χ0) is 27.0. The fourth-order valence-corrected chi connectivity index (χ4v) is 8.80. The quantitative estimate of drug-likeness (QED) is 0.228. The molecule has 0 saturated heterocycles. The monoisotopic (exact) mass is 536 g/mol. The Labute approximate surface area is 243 Å². The van der Waals surface area contributed by atoms with Crippen molar-refractivity contribution in [1.82, 2.24) is 0 Å². The van der Waals surface area contributed by atoms with E-state index < -0.39 is 0 Å². The molecular formula is C38H64O. The highest BCUT2D eigenvalue weighted by molar-refractivity contribution is 5.27. The molecule has 3 saturated carbocycles. The van der Waals surface area contributed by atoms with E-state index in [0.29, 0.717) is 0 Å². The first-order valence-electron chi connectivity index (χ1n) is 18.0. The molecule has 0 radical (unpaired) electrons. The van der Waals surface area contributed by atoms with Crippen LogP contribution in [0.4, 0.5) is 0 Å². The van der Waals surface area contributed by atoms with E-state index in [4.69, 9.17) is 4.74 Å². The predicted molar refractivity (Wildman–Crippen MR) is 170 cm³/mol. The average molecular weight is 537 g/mol. The van der Waals surface area contributed by atoms with Crippen molar-refractivity contribution in [3.05, 3.63) is 29.8 Å². The van der Waals surface area contributed by atoms with Crippen LogP contribution in [0.5, 0.6) is 5.75 Å². The average Bonchev–Trinajstić information content (AvgIpc) is 2.92. The molecule has 3 fully saturated rings. The molecule has 1 nitrogen and oxygen atoms in total. The standard InChI is InChI=1S/C38H64O/c1-2-3-10-19-34-22-15-16-23-37(34)38(35-20-13-8-5-9-14-21-35)30-31-39-36-28-26-33(27-29-36)25-24-32-17-11-6-4-7-12-18-32/h26-29,32,34-35,37-38H,2-25,30-31H2,1H3. The van der Waals surface area contributed by atoms with Crippen LogP contribution >= 0.6 is 0 Å². The highest BCUT2D eigenvalue weighted by Gasteiger charge is 2.35. The SMILES string of the molecule is CCCCCC1CCCCC1C(CCOc1ccc(CCC2CCCCCCC2)cc1)C1CCCCCCC1. The molecule has 0 amide bonds. The Balaban J connectivity index is 1.30. The molecule has 1 aromatic carbocycles. The Hall–Kier alpha value is -0.980. The number of benzene rings is 1. The number of unbranched alkanes of at least 4 members (excludes halogenated alkanes) is 2. The van der Waals surface area contributed by atoms with E-state index in [1.165, 1.54) is 166 Å². The maximum Gasteiger partial charge on any atom is 0.119 e. The molecule has 0 aliphatic heterocycles. The van der Waals surface area contributed by atoms with Gasteiger partial charge in [0.05, 0.1) is 6.61 Å². The molecule has 4 rings (SSSR count). The van der Waals surface area contributed by atoms with Crippen molar-refractivity contribution in [3.8, 4) is 5.75 Å². The summed E-state index contributed by atoms with van der Waals surface area (Å²) in [7, 11) is 0. The minimum absolute atomic E-state index is 0.887. The lowest BCUT2D eigenvalue weighted by Crippen LogP contribution is -2.33. The molecule has 0 spiro atoms. The Morgan fingerprint density at radius 2 is 1.28 bits per heavy atom. The topological polar surface area (TPSA) is 9.23 Å². The van der Waals surface area contributed by atoms with E-state index in [1.807, 2.05) is 0 Å². The van der Waals surface area contributed by atoms with Gasteiger partial charge in [0.15, 0.2) is 0 Å². The van der Waals surface area contributed by atoms with Crippen LogP contribution in [0.2, 0.25) is 0 Å². The molecule has 222 valence electrons. The van der Waals surface area contributed by atoms with Crippen molar-refractivity contribution in [2.75, 3.05) is 6.61 Å². The molecular weight excluding hydrogens is 472 g/mol. The highest BCUT2D eigenvalue weighted by atomic mass is 16.5. The first kappa shape index (κ1) is 31.0. The summed E-state index contributed by atoms with van der Waals surface area (Å²) in [5.41, 5.74) is 1.51. The van der Waals surface area contributed by atoms with Gasteiger partial charge in [-0.3, -0.25) is 0 Å². The van der Waals surface area contributed by atoms with Crippen LogP contribution in [0, 0.1) is 29.6 Å².